The summed E-state index contributed by atoms with van der Waals surface area (Å²) in [7, 11) is 1.28. The molecule has 1 aromatic heterocycles. The first-order valence-corrected chi connectivity index (χ1v) is 16.7. The molecule has 290 valence electrons. The predicted octanol–water partition coefficient (Wildman–Crippen LogP) is 3.70. The summed E-state index contributed by atoms with van der Waals surface area (Å²) in [6.45, 7) is -0.682. The average molecular weight is 771 g/mol. The van der Waals surface area contributed by atoms with Crippen LogP contribution in [0.2, 0.25) is 0 Å². The van der Waals surface area contributed by atoms with Gasteiger partial charge in [-0.2, -0.15) is 0 Å². The molecule has 0 unspecified atom stereocenters. The van der Waals surface area contributed by atoms with Crippen molar-refractivity contribution in [2.24, 2.45) is 0 Å². The van der Waals surface area contributed by atoms with Gasteiger partial charge < -0.3 is 63.8 Å². The van der Waals surface area contributed by atoms with E-state index >= 15 is 0 Å². The Bertz CT molecular complexity index is 2350. The van der Waals surface area contributed by atoms with Crippen LogP contribution >= 0.6 is 0 Å². The third-order valence-electron chi connectivity index (χ3n) is 8.49. The van der Waals surface area contributed by atoms with Crippen molar-refractivity contribution in [2.75, 3.05) is 13.7 Å². The first-order chi connectivity index (χ1) is 26.8. The molecule has 1 aliphatic heterocycles. The number of hydrogen-bond donors (Lipinski definition) is 7. The smallest absolute Gasteiger partial charge is 0.331 e. The highest BCUT2D eigenvalue weighted by Crippen LogP contribution is 2.40. The summed E-state index contributed by atoms with van der Waals surface area (Å²) in [4.78, 5) is 39.7. The molecule has 0 bridgehead atoms. The monoisotopic (exact) mass is 770 g/mol. The Morgan fingerprint density at radius 3 is 2.00 bits per heavy atom. The van der Waals surface area contributed by atoms with Crippen molar-refractivity contribution in [3.8, 4) is 51.6 Å². The van der Waals surface area contributed by atoms with Crippen molar-refractivity contribution in [1.29, 1.82) is 0 Å². The summed E-state index contributed by atoms with van der Waals surface area (Å²) in [5, 5.41) is 72.3. The van der Waals surface area contributed by atoms with Gasteiger partial charge in [-0.15, -0.1) is 0 Å². The maximum absolute atomic E-state index is 14.0. The van der Waals surface area contributed by atoms with E-state index in [2.05, 4.69) is 0 Å². The van der Waals surface area contributed by atoms with Crippen LogP contribution in [0.15, 0.2) is 100 Å². The van der Waals surface area contributed by atoms with E-state index in [0.717, 1.165) is 24.3 Å². The molecule has 0 amide bonds. The van der Waals surface area contributed by atoms with Gasteiger partial charge in [-0.1, -0.05) is 24.3 Å². The number of fused-ring (bicyclic) bond motifs is 1. The van der Waals surface area contributed by atoms with E-state index in [4.69, 9.17) is 28.1 Å². The third kappa shape index (κ3) is 8.68. The van der Waals surface area contributed by atoms with Gasteiger partial charge in [-0.3, -0.25) is 4.79 Å². The Balaban J connectivity index is 1.34. The number of ether oxygens (including phenoxy) is 5. The van der Waals surface area contributed by atoms with Gasteiger partial charge in [0.1, 0.15) is 52.8 Å². The summed E-state index contributed by atoms with van der Waals surface area (Å²) >= 11 is 0. The van der Waals surface area contributed by atoms with E-state index in [-0.39, 0.29) is 39.9 Å². The zero-order chi connectivity index (χ0) is 40.1. The van der Waals surface area contributed by atoms with Gasteiger partial charge in [0, 0.05) is 29.8 Å². The van der Waals surface area contributed by atoms with E-state index in [1.807, 2.05) is 0 Å². The number of hydrogen-bond acceptors (Lipinski definition) is 16. The molecule has 4 aromatic carbocycles. The molecule has 16 heteroatoms. The second-order valence-electron chi connectivity index (χ2n) is 12.3. The van der Waals surface area contributed by atoms with E-state index in [0.29, 0.717) is 11.1 Å². The summed E-state index contributed by atoms with van der Waals surface area (Å²) in [6.07, 6.45) is -4.39. The Hall–Kier alpha value is -7.01. The van der Waals surface area contributed by atoms with Crippen LogP contribution in [0, 0.1) is 0 Å². The van der Waals surface area contributed by atoms with Gasteiger partial charge in [0.25, 0.3) is 0 Å². The topological polar surface area (TPSA) is 252 Å². The molecular weight excluding hydrogens is 736 g/mol. The highest BCUT2D eigenvalue weighted by atomic mass is 16.7. The molecule has 16 nitrogen and oxygen atoms in total. The van der Waals surface area contributed by atoms with Crippen LogP contribution in [0.4, 0.5) is 0 Å². The molecule has 7 N–H and O–H groups in total. The van der Waals surface area contributed by atoms with Crippen LogP contribution in [-0.2, 0) is 23.8 Å². The van der Waals surface area contributed by atoms with Crippen LogP contribution in [0.1, 0.15) is 11.1 Å². The number of phenols is 5. The van der Waals surface area contributed by atoms with Crippen molar-refractivity contribution >= 4 is 35.1 Å². The van der Waals surface area contributed by atoms with Crippen LogP contribution < -0.4 is 14.9 Å². The van der Waals surface area contributed by atoms with Gasteiger partial charge in [0.2, 0.25) is 17.5 Å². The molecule has 1 aliphatic rings. The molecule has 0 spiro atoms. The summed E-state index contributed by atoms with van der Waals surface area (Å²) in [5.74, 6) is -4.37. The number of carbonyl (C=O) groups is 2. The zero-order valence-corrected chi connectivity index (χ0v) is 29.2. The third-order valence-corrected chi connectivity index (χ3v) is 8.49. The van der Waals surface area contributed by atoms with Crippen molar-refractivity contribution in [2.45, 2.75) is 30.7 Å². The van der Waals surface area contributed by atoms with Gasteiger partial charge in [0.15, 0.2) is 29.5 Å². The lowest BCUT2D eigenvalue weighted by atomic mass is 9.98. The number of aliphatic hydroxyl groups excluding tert-OH is 2. The SMILES string of the molecule is COc1cc(-c2oc3cc(O)cc(O)c3c(=O)c2O[C@@H]2O[C@H](COC(=O)/C=C/c3ccc(O)cc3)[C@@H](O)[C@H](OC(=O)/C=C/c3ccc(O)cc3)[C@H]2O)ccc1O. The van der Waals surface area contributed by atoms with Crippen molar-refractivity contribution in [3.05, 3.63) is 112 Å². The molecule has 6 rings (SSSR count). The quantitative estimate of drug-likeness (QED) is 0.0747. The van der Waals surface area contributed by atoms with Gasteiger partial charge in [-0.25, -0.2) is 9.59 Å². The minimum absolute atomic E-state index is 0.00618. The standard InChI is InChI=1S/C40H34O16/c1-51-28-16-22(8-13-26(28)44)37-39(35(49)33-27(45)17-25(43)18-29(33)53-37)56-40-36(50)38(55-32(47)15-7-21-4-11-24(42)12-5-21)34(48)30(54-40)19-52-31(46)14-6-20-2-9-23(41)10-3-20/h2-18,30,34,36,38,40-45,48,50H,19H2,1H3/b14-6+,15-7+/t30-,34-,36-,38+,40+/m1/s1. The normalized spacial score (nSPS) is 19.6. The fraction of sp³-hybridized carbons (Fsp3) is 0.175. The maximum atomic E-state index is 14.0. The molecule has 1 fully saturated rings. The maximum Gasteiger partial charge on any atom is 0.331 e. The molecule has 1 saturated heterocycles. The molecule has 56 heavy (non-hydrogen) atoms. The van der Waals surface area contributed by atoms with Gasteiger partial charge in [0.05, 0.1) is 7.11 Å². The second kappa shape index (κ2) is 16.6. The van der Waals surface area contributed by atoms with Crippen molar-refractivity contribution in [1.82, 2.24) is 0 Å². The molecule has 5 aromatic rings. The molecule has 2 heterocycles. The zero-order valence-electron chi connectivity index (χ0n) is 29.2. The predicted molar refractivity (Wildman–Crippen MR) is 196 cm³/mol. The number of aliphatic hydroxyl groups is 2. The molecule has 0 aliphatic carbocycles. The van der Waals surface area contributed by atoms with E-state index in [9.17, 15) is 50.1 Å². The van der Waals surface area contributed by atoms with E-state index in [1.165, 1.54) is 73.9 Å². The lowest BCUT2D eigenvalue weighted by molar-refractivity contribution is -0.281. The first-order valence-electron chi connectivity index (χ1n) is 16.7. The fourth-order valence-corrected chi connectivity index (χ4v) is 5.66. The van der Waals surface area contributed by atoms with Crippen LogP contribution in [-0.4, -0.2) is 92.1 Å². The second-order valence-corrected chi connectivity index (χ2v) is 12.3. The highest BCUT2D eigenvalue weighted by molar-refractivity contribution is 5.89. The van der Waals surface area contributed by atoms with Gasteiger partial charge >= 0.3 is 11.9 Å². The average Bonchev–Trinajstić information content (AvgIpc) is 3.17. The lowest BCUT2D eigenvalue weighted by Gasteiger charge is -2.41. The number of esters is 2. The fourth-order valence-electron chi connectivity index (χ4n) is 5.66. The number of methoxy groups -OCH3 is 1. The van der Waals surface area contributed by atoms with Gasteiger partial charge in [-0.05, 0) is 65.7 Å². The Kier molecular flexibility index (Phi) is 11.4. The van der Waals surface area contributed by atoms with Crippen molar-refractivity contribution in [3.63, 3.8) is 0 Å². The highest BCUT2D eigenvalue weighted by Gasteiger charge is 2.49. The van der Waals surface area contributed by atoms with Crippen LogP contribution in [0.25, 0.3) is 34.4 Å². The number of carbonyl (C=O) groups excluding carboxylic acids is 2. The van der Waals surface area contributed by atoms with E-state index < -0.39 is 77.3 Å². The van der Waals surface area contributed by atoms with Crippen LogP contribution in [0.3, 0.4) is 0 Å². The molecule has 0 radical (unpaired) electrons. The summed E-state index contributed by atoms with van der Waals surface area (Å²) < 4.78 is 33.7. The minimum atomic E-state index is -2.02. The Morgan fingerprint density at radius 2 is 1.38 bits per heavy atom. The van der Waals surface area contributed by atoms with Crippen molar-refractivity contribution < 1.29 is 73.4 Å². The minimum Gasteiger partial charge on any atom is -0.508 e. The first kappa shape index (κ1) is 38.7. The van der Waals surface area contributed by atoms with E-state index in [1.54, 1.807) is 12.1 Å². The number of phenolic OH excluding ortho intramolecular Hbond substituents is 5. The summed E-state index contributed by atoms with van der Waals surface area (Å²) in [5.41, 5.74) is -0.164. The molecule has 0 saturated carbocycles. The summed E-state index contributed by atoms with van der Waals surface area (Å²) in [6, 6.07) is 17.5. The number of aromatic hydroxyl groups is 5. The molecule has 5 atom stereocenters. The lowest BCUT2D eigenvalue weighted by Crippen LogP contribution is -2.61. The largest absolute Gasteiger partial charge is 0.508 e. The Morgan fingerprint density at radius 1 is 0.750 bits per heavy atom. The molecular formula is C40H34O16. The Labute approximate surface area is 316 Å². The number of rotatable bonds is 11. The number of benzene rings is 4. The van der Waals surface area contributed by atoms with Crippen LogP contribution in [0.5, 0.6) is 40.2 Å².